The number of halogens is 1. The Morgan fingerprint density at radius 3 is 2.61 bits per heavy atom. The Morgan fingerprint density at radius 1 is 1.33 bits per heavy atom. The molecule has 0 saturated carbocycles. The van der Waals surface area contributed by atoms with Gasteiger partial charge in [-0.2, -0.15) is 0 Å². The van der Waals surface area contributed by atoms with Gasteiger partial charge in [0.2, 0.25) is 0 Å². The summed E-state index contributed by atoms with van der Waals surface area (Å²) in [5, 5.41) is 0. The number of aromatic nitrogens is 1. The van der Waals surface area contributed by atoms with Crippen LogP contribution in [0.1, 0.15) is 11.3 Å². The monoisotopic (exact) mass is 326 g/mol. The highest BCUT2D eigenvalue weighted by atomic mass is 79.9. The fourth-order valence-corrected chi connectivity index (χ4v) is 3.08. The predicted octanol–water partition coefficient (Wildman–Crippen LogP) is 3.00. The normalized spacial score (nSPS) is 10.8. The van der Waals surface area contributed by atoms with Gasteiger partial charge in [0.25, 0.3) is 0 Å². The molecule has 2 N–H and O–H groups in total. The molecule has 5 heteroatoms. The average molecular weight is 327 g/mol. The SMILES string of the molecule is Cc1sc(=O)n(CCCN)c1-c1ccc(Br)cc1. The molecule has 0 radical (unpaired) electrons. The van der Waals surface area contributed by atoms with E-state index in [9.17, 15) is 4.79 Å². The predicted molar refractivity (Wildman–Crippen MR) is 80.1 cm³/mol. The van der Waals surface area contributed by atoms with Crippen LogP contribution in [0.25, 0.3) is 11.3 Å². The van der Waals surface area contributed by atoms with Gasteiger partial charge in [0.15, 0.2) is 0 Å². The summed E-state index contributed by atoms with van der Waals surface area (Å²) < 4.78 is 2.87. The molecular formula is C13H15BrN2OS. The molecule has 0 spiro atoms. The topological polar surface area (TPSA) is 48.0 Å². The number of hydrogen-bond acceptors (Lipinski definition) is 3. The van der Waals surface area contributed by atoms with Crippen LogP contribution in [0, 0.1) is 6.92 Å². The van der Waals surface area contributed by atoms with Crippen LogP contribution < -0.4 is 10.6 Å². The van der Waals surface area contributed by atoms with Crippen LogP contribution in [-0.4, -0.2) is 11.1 Å². The molecule has 1 aromatic carbocycles. The highest BCUT2D eigenvalue weighted by Gasteiger charge is 2.13. The Kier molecular flexibility index (Phi) is 4.37. The molecule has 0 atom stereocenters. The maximum absolute atomic E-state index is 11.9. The molecule has 0 aliphatic heterocycles. The smallest absolute Gasteiger partial charge is 0.307 e. The fourth-order valence-electron chi connectivity index (χ4n) is 1.94. The minimum atomic E-state index is 0.0962. The number of nitrogens with two attached hydrogens (primary N) is 1. The Balaban J connectivity index is 2.48. The molecule has 0 unspecified atom stereocenters. The highest BCUT2D eigenvalue weighted by Crippen LogP contribution is 2.26. The lowest BCUT2D eigenvalue weighted by molar-refractivity contribution is 0.647. The van der Waals surface area contributed by atoms with Gasteiger partial charge in [-0.1, -0.05) is 39.4 Å². The minimum absolute atomic E-state index is 0.0962. The number of thiazole rings is 1. The second-order valence-corrected chi connectivity index (χ2v) is 6.15. The van der Waals surface area contributed by atoms with Crippen molar-refractivity contribution in [3.63, 3.8) is 0 Å². The summed E-state index contributed by atoms with van der Waals surface area (Å²) in [4.78, 5) is 13.1. The van der Waals surface area contributed by atoms with Gasteiger partial charge in [-0.3, -0.25) is 9.36 Å². The van der Waals surface area contributed by atoms with E-state index in [0.29, 0.717) is 13.1 Å². The third-order valence-corrected chi connectivity index (χ3v) is 4.19. The van der Waals surface area contributed by atoms with Crippen molar-refractivity contribution >= 4 is 27.3 Å². The van der Waals surface area contributed by atoms with Crippen LogP contribution in [0.3, 0.4) is 0 Å². The van der Waals surface area contributed by atoms with Crippen LogP contribution in [0.2, 0.25) is 0 Å². The van der Waals surface area contributed by atoms with Gasteiger partial charge < -0.3 is 5.73 Å². The quantitative estimate of drug-likeness (QED) is 0.938. The zero-order valence-corrected chi connectivity index (χ0v) is 12.6. The van der Waals surface area contributed by atoms with E-state index in [2.05, 4.69) is 15.9 Å². The summed E-state index contributed by atoms with van der Waals surface area (Å²) in [5.74, 6) is 0. The maximum atomic E-state index is 11.9. The maximum Gasteiger partial charge on any atom is 0.307 e. The van der Waals surface area contributed by atoms with Crippen LogP contribution in [0.15, 0.2) is 33.5 Å². The van der Waals surface area contributed by atoms with Crippen LogP contribution in [0.5, 0.6) is 0 Å². The lowest BCUT2D eigenvalue weighted by Crippen LogP contribution is -2.16. The molecule has 18 heavy (non-hydrogen) atoms. The summed E-state index contributed by atoms with van der Waals surface area (Å²) in [5.41, 5.74) is 7.62. The molecular weight excluding hydrogens is 312 g/mol. The van der Waals surface area contributed by atoms with Gasteiger partial charge in [0.05, 0.1) is 5.69 Å². The van der Waals surface area contributed by atoms with Crippen molar-refractivity contribution in [2.75, 3.05) is 6.54 Å². The summed E-state index contributed by atoms with van der Waals surface area (Å²) in [7, 11) is 0. The third-order valence-electron chi connectivity index (χ3n) is 2.77. The number of rotatable bonds is 4. The summed E-state index contributed by atoms with van der Waals surface area (Å²) in [6.07, 6.45) is 0.819. The van der Waals surface area contributed by atoms with Crippen molar-refractivity contribution in [1.82, 2.24) is 4.57 Å². The van der Waals surface area contributed by atoms with E-state index in [-0.39, 0.29) is 4.87 Å². The van der Waals surface area contributed by atoms with Crippen LogP contribution in [-0.2, 0) is 6.54 Å². The molecule has 0 fully saturated rings. The van der Waals surface area contributed by atoms with Crippen molar-refractivity contribution in [1.29, 1.82) is 0 Å². The molecule has 2 aromatic rings. The van der Waals surface area contributed by atoms with E-state index in [0.717, 1.165) is 27.0 Å². The molecule has 0 bridgehead atoms. The fraction of sp³-hybridized carbons (Fsp3) is 0.308. The lowest BCUT2D eigenvalue weighted by Gasteiger charge is -2.08. The second kappa shape index (κ2) is 5.82. The van der Waals surface area contributed by atoms with E-state index < -0.39 is 0 Å². The number of benzene rings is 1. The van der Waals surface area contributed by atoms with Gasteiger partial charge in [-0.05, 0) is 37.6 Å². The second-order valence-electron chi connectivity index (χ2n) is 4.07. The van der Waals surface area contributed by atoms with Gasteiger partial charge in [0, 0.05) is 15.9 Å². The standard InChI is InChI=1S/C13H15BrN2OS/c1-9-12(10-3-5-11(14)6-4-10)16(8-2-7-15)13(17)18-9/h3-6H,2,7-8,15H2,1H3. The van der Waals surface area contributed by atoms with E-state index in [1.54, 1.807) is 0 Å². The molecule has 1 aromatic heterocycles. The highest BCUT2D eigenvalue weighted by molar-refractivity contribution is 9.10. The number of nitrogens with zero attached hydrogens (tertiary/aromatic N) is 1. The van der Waals surface area contributed by atoms with Crippen molar-refractivity contribution in [2.45, 2.75) is 19.9 Å². The van der Waals surface area contributed by atoms with Crippen molar-refractivity contribution in [2.24, 2.45) is 5.73 Å². The number of hydrogen-bond donors (Lipinski definition) is 1. The Hall–Kier alpha value is -0.910. The molecule has 0 aliphatic carbocycles. The van der Waals surface area contributed by atoms with Crippen LogP contribution >= 0.6 is 27.3 Å². The summed E-state index contributed by atoms with van der Waals surface area (Å²) in [6, 6.07) is 8.03. The molecule has 3 nitrogen and oxygen atoms in total. The van der Waals surface area contributed by atoms with Gasteiger partial charge >= 0.3 is 4.87 Å². The zero-order valence-electron chi connectivity index (χ0n) is 10.1. The van der Waals surface area contributed by atoms with Crippen molar-refractivity contribution < 1.29 is 0 Å². The molecule has 2 rings (SSSR count). The van der Waals surface area contributed by atoms with Gasteiger partial charge in [-0.15, -0.1) is 0 Å². The Morgan fingerprint density at radius 2 is 2.00 bits per heavy atom. The average Bonchev–Trinajstić information content (AvgIpc) is 2.62. The molecule has 0 aliphatic rings. The van der Waals surface area contributed by atoms with Gasteiger partial charge in [-0.25, -0.2) is 0 Å². The first-order valence-corrected chi connectivity index (χ1v) is 7.40. The van der Waals surface area contributed by atoms with E-state index in [4.69, 9.17) is 5.73 Å². The lowest BCUT2D eigenvalue weighted by atomic mass is 10.1. The molecule has 0 amide bonds. The number of aryl methyl sites for hydroxylation is 1. The van der Waals surface area contributed by atoms with Crippen LogP contribution in [0.4, 0.5) is 0 Å². The first-order chi connectivity index (χ1) is 8.63. The Bertz CT molecular complexity index is 586. The molecule has 0 saturated heterocycles. The largest absolute Gasteiger partial charge is 0.330 e. The zero-order chi connectivity index (χ0) is 13.1. The first kappa shape index (κ1) is 13.5. The third kappa shape index (κ3) is 2.74. The summed E-state index contributed by atoms with van der Waals surface area (Å²) >= 11 is 4.72. The molecule has 1 heterocycles. The molecule has 96 valence electrons. The summed E-state index contributed by atoms with van der Waals surface area (Å²) in [6.45, 7) is 3.27. The van der Waals surface area contributed by atoms with Crippen molar-refractivity contribution in [3.8, 4) is 11.3 Å². The van der Waals surface area contributed by atoms with E-state index in [1.807, 2.05) is 35.8 Å². The van der Waals surface area contributed by atoms with E-state index in [1.165, 1.54) is 11.3 Å². The van der Waals surface area contributed by atoms with Crippen molar-refractivity contribution in [3.05, 3.63) is 43.3 Å². The Labute approximate surface area is 118 Å². The minimum Gasteiger partial charge on any atom is -0.330 e. The van der Waals surface area contributed by atoms with Gasteiger partial charge in [0.1, 0.15) is 0 Å². The first-order valence-electron chi connectivity index (χ1n) is 5.79. The van der Waals surface area contributed by atoms with E-state index >= 15 is 0 Å².